The van der Waals surface area contributed by atoms with E-state index in [2.05, 4.69) is 15.9 Å². The summed E-state index contributed by atoms with van der Waals surface area (Å²) >= 11 is 3.03. The van der Waals surface area contributed by atoms with Crippen LogP contribution in [0.3, 0.4) is 0 Å². The van der Waals surface area contributed by atoms with Crippen LogP contribution >= 0.6 is 15.9 Å². The van der Waals surface area contributed by atoms with E-state index in [9.17, 15) is 15.0 Å². The molecule has 1 aromatic rings. The Morgan fingerprint density at radius 3 is 2.56 bits per heavy atom. The number of rotatable bonds is 4. The fourth-order valence-corrected chi connectivity index (χ4v) is 1.76. The van der Waals surface area contributed by atoms with Gasteiger partial charge in [-0.05, 0) is 18.6 Å². The minimum absolute atomic E-state index is 0.0208. The number of benzene rings is 1. The molecule has 0 spiro atoms. The Morgan fingerprint density at radius 1 is 1.44 bits per heavy atom. The summed E-state index contributed by atoms with van der Waals surface area (Å²) in [5.41, 5.74) is 1.04. The molecule has 0 saturated carbocycles. The number of carboxylic acid groups (broad SMARTS) is 1. The predicted molar refractivity (Wildman–Crippen MR) is 62.9 cm³/mol. The molecule has 0 aliphatic rings. The van der Waals surface area contributed by atoms with E-state index in [-0.39, 0.29) is 16.5 Å². The minimum Gasteiger partial charge on any atom is -0.478 e. The van der Waals surface area contributed by atoms with Gasteiger partial charge in [-0.2, -0.15) is 0 Å². The molecule has 1 rings (SSSR count). The van der Waals surface area contributed by atoms with Crippen molar-refractivity contribution < 1.29 is 20.1 Å². The lowest BCUT2D eigenvalue weighted by Crippen LogP contribution is -2.21. The highest BCUT2D eigenvalue weighted by Gasteiger charge is 2.22. The summed E-state index contributed by atoms with van der Waals surface area (Å²) in [6.45, 7) is 1.77. The molecule has 0 heterocycles. The number of hydrogen-bond donors (Lipinski definition) is 3. The summed E-state index contributed by atoms with van der Waals surface area (Å²) in [4.78, 5) is 11.0. The van der Waals surface area contributed by atoms with Gasteiger partial charge in [-0.3, -0.25) is 0 Å². The van der Waals surface area contributed by atoms with Crippen molar-refractivity contribution in [3.8, 4) is 0 Å². The van der Waals surface area contributed by atoms with E-state index in [4.69, 9.17) is 5.11 Å². The Kier molecular flexibility index (Phi) is 4.46. The molecule has 88 valence electrons. The molecule has 2 unspecified atom stereocenters. The normalized spacial score (nSPS) is 14.5. The number of hydrogen-bond acceptors (Lipinski definition) is 3. The average Bonchev–Trinajstić information content (AvgIpc) is 2.26. The molecule has 5 heteroatoms. The summed E-state index contributed by atoms with van der Waals surface area (Å²) in [6.07, 6.45) is -2.23. The fourth-order valence-electron chi connectivity index (χ4n) is 1.40. The second-order valence-electron chi connectivity index (χ2n) is 3.56. The van der Waals surface area contributed by atoms with Gasteiger partial charge in [0.05, 0.1) is 11.7 Å². The maximum atomic E-state index is 11.0. The third kappa shape index (κ3) is 2.81. The highest BCUT2D eigenvalue weighted by Crippen LogP contribution is 2.23. The number of halogens is 1. The molecular weight excluding hydrogens is 276 g/mol. The van der Waals surface area contributed by atoms with Gasteiger partial charge >= 0.3 is 5.97 Å². The lowest BCUT2D eigenvalue weighted by molar-refractivity contribution is 0.0328. The van der Waals surface area contributed by atoms with E-state index in [0.29, 0.717) is 0 Å². The van der Waals surface area contributed by atoms with Gasteiger partial charge in [-0.1, -0.05) is 33.6 Å². The lowest BCUT2D eigenvalue weighted by Gasteiger charge is -2.18. The highest BCUT2D eigenvalue weighted by molar-refractivity contribution is 9.09. The van der Waals surface area contributed by atoms with Gasteiger partial charge in [0.1, 0.15) is 6.10 Å². The van der Waals surface area contributed by atoms with Crippen LogP contribution in [0.15, 0.2) is 18.2 Å². The molecule has 4 nitrogen and oxygen atoms in total. The third-order valence-corrected chi connectivity index (χ3v) is 2.94. The standard InChI is InChI=1S/C11H13BrO4/c1-6-2-3-7(8(4-6)11(15)16)10(14)9(13)5-12/h2-4,9-10,13-14H,5H2,1H3,(H,15,16). The van der Waals surface area contributed by atoms with Gasteiger partial charge in [-0.25, -0.2) is 4.79 Å². The van der Waals surface area contributed by atoms with Crippen LogP contribution in [0.2, 0.25) is 0 Å². The Hall–Kier alpha value is -0.910. The first-order chi connectivity index (χ1) is 7.47. The first kappa shape index (κ1) is 13.2. The number of aromatic carboxylic acids is 1. The first-order valence-electron chi connectivity index (χ1n) is 4.73. The zero-order chi connectivity index (χ0) is 12.3. The van der Waals surface area contributed by atoms with Crippen molar-refractivity contribution in [2.24, 2.45) is 0 Å². The number of carbonyl (C=O) groups is 1. The molecule has 0 saturated heterocycles. The van der Waals surface area contributed by atoms with Crippen molar-refractivity contribution in [2.75, 3.05) is 5.33 Å². The van der Waals surface area contributed by atoms with E-state index in [1.807, 2.05) is 0 Å². The quantitative estimate of drug-likeness (QED) is 0.734. The second kappa shape index (κ2) is 5.43. The summed E-state index contributed by atoms with van der Waals surface area (Å²) in [6, 6.07) is 4.70. The summed E-state index contributed by atoms with van der Waals surface area (Å²) in [5, 5.41) is 28.4. The predicted octanol–water partition coefficient (Wildman–Crippen LogP) is 1.48. The smallest absolute Gasteiger partial charge is 0.336 e. The Bertz CT molecular complexity index is 392. The SMILES string of the molecule is Cc1ccc(C(O)C(O)CBr)c(C(=O)O)c1. The maximum Gasteiger partial charge on any atom is 0.336 e. The molecule has 1 aromatic carbocycles. The Labute approximate surface area is 102 Å². The summed E-state index contributed by atoms with van der Waals surface area (Å²) < 4.78 is 0. The van der Waals surface area contributed by atoms with E-state index in [0.717, 1.165) is 5.56 Å². The van der Waals surface area contributed by atoms with E-state index >= 15 is 0 Å². The third-order valence-electron chi connectivity index (χ3n) is 2.28. The zero-order valence-electron chi connectivity index (χ0n) is 8.72. The topological polar surface area (TPSA) is 77.8 Å². The van der Waals surface area contributed by atoms with E-state index in [1.54, 1.807) is 13.0 Å². The highest BCUT2D eigenvalue weighted by atomic mass is 79.9. The number of alkyl halides is 1. The van der Waals surface area contributed by atoms with Crippen molar-refractivity contribution in [3.05, 3.63) is 34.9 Å². The van der Waals surface area contributed by atoms with Crippen molar-refractivity contribution >= 4 is 21.9 Å². The fraction of sp³-hybridized carbons (Fsp3) is 0.364. The second-order valence-corrected chi connectivity index (χ2v) is 4.21. The molecule has 0 aliphatic heterocycles. The van der Waals surface area contributed by atoms with Crippen LogP contribution in [0, 0.1) is 6.92 Å². The minimum atomic E-state index is -1.20. The Morgan fingerprint density at radius 2 is 2.06 bits per heavy atom. The number of aryl methyl sites for hydroxylation is 1. The number of aliphatic hydroxyl groups is 2. The molecule has 2 atom stereocenters. The van der Waals surface area contributed by atoms with E-state index in [1.165, 1.54) is 12.1 Å². The van der Waals surface area contributed by atoms with Crippen LogP contribution < -0.4 is 0 Å². The molecule has 3 N–H and O–H groups in total. The number of aliphatic hydroxyl groups excluding tert-OH is 2. The van der Waals surface area contributed by atoms with Crippen LogP contribution in [0.4, 0.5) is 0 Å². The van der Waals surface area contributed by atoms with Gasteiger partial charge in [0.2, 0.25) is 0 Å². The van der Waals surface area contributed by atoms with Crippen LogP contribution in [0.25, 0.3) is 0 Å². The molecule has 0 fully saturated rings. The molecule has 0 amide bonds. The molecule has 0 aliphatic carbocycles. The van der Waals surface area contributed by atoms with E-state index < -0.39 is 18.2 Å². The van der Waals surface area contributed by atoms with Gasteiger partial charge in [0.15, 0.2) is 0 Å². The molecule has 0 aromatic heterocycles. The maximum absolute atomic E-state index is 11.0. The van der Waals surface area contributed by atoms with Gasteiger partial charge in [0, 0.05) is 5.33 Å². The monoisotopic (exact) mass is 288 g/mol. The van der Waals surface area contributed by atoms with Crippen LogP contribution in [0.1, 0.15) is 27.6 Å². The first-order valence-corrected chi connectivity index (χ1v) is 5.85. The molecule has 16 heavy (non-hydrogen) atoms. The molecule has 0 bridgehead atoms. The summed E-state index contributed by atoms with van der Waals surface area (Å²) in [5.74, 6) is -1.11. The van der Waals surface area contributed by atoms with Crippen LogP contribution in [0.5, 0.6) is 0 Å². The van der Waals surface area contributed by atoms with Gasteiger partial charge in [-0.15, -0.1) is 0 Å². The van der Waals surface area contributed by atoms with Crippen LogP contribution in [-0.4, -0.2) is 32.7 Å². The van der Waals surface area contributed by atoms with Crippen molar-refractivity contribution in [1.82, 2.24) is 0 Å². The summed E-state index contributed by atoms with van der Waals surface area (Å²) in [7, 11) is 0. The lowest BCUT2D eigenvalue weighted by atomic mass is 9.97. The van der Waals surface area contributed by atoms with Crippen molar-refractivity contribution in [2.45, 2.75) is 19.1 Å². The zero-order valence-corrected chi connectivity index (χ0v) is 10.3. The number of carboxylic acids is 1. The van der Waals surface area contributed by atoms with Gasteiger partial charge in [0.25, 0.3) is 0 Å². The van der Waals surface area contributed by atoms with Crippen molar-refractivity contribution in [1.29, 1.82) is 0 Å². The largest absolute Gasteiger partial charge is 0.478 e. The average molecular weight is 289 g/mol. The molecule has 0 radical (unpaired) electrons. The van der Waals surface area contributed by atoms with Crippen LogP contribution in [-0.2, 0) is 0 Å². The Balaban J connectivity index is 3.17. The van der Waals surface area contributed by atoms with Gasteiger partial charge < -0.3 is 15.3 Å². The molecular formula is C11H13BrO4. The van der Waals surface area contributed by atoms with Crippen molar-refractivity contribution in [3.63, 3.8) is 0 Å².